The van der Waals surface area contributed by atoms with Crippen molar-refractivity contribution in [3.05, 3.63) is 75.8 Å². The number of hydrogen-bond donors (Lipinski definition) is 2. The van der Waals surface area contributed by atoms with Crippen molar-refractivity contribution in [1.82, 2.24) is 30.1 Å². The molecule has 0 bridgehead atoms. The van der Waals surface area contributed by atoms with Gasteiger partial charge in [-0.15, -0.1) is 5.10 Å². The van der Waals surface area contributed by atoms with Crippen molar-refractivity contribution in [2.45, 2.75) is 45.3 Å². The molecule has 36 heavy (non-hydrogen) atoms. The monoisotopic (exact) mass is 490 g/mol. The molecule has 0 fully saturated rings. The smallest absolute Gasteiger partial charge is 0.252 e. The summed E-state index contributed by atoms with van der Waals surface area (Å²) in [7, 11) is 0. The third-order valence-electron chi connectivity index (χ3n) is 6.53. The molecule has 0 radical (unpaired) electrons. The Morgan fingerprint density at radius 1 is 1.17 bits per heavy atom. The molecule has 0 unspecified atom stereocenters. The minimum absolute atomic E-state index is 0.0590. The number of pyridine rings is 1. The van der Waals surface area contributed by atoms with Crippen molar-refractivity contribution in [2.75, 3.05) is 19.9 Å². The fraction of sp³-hybridized carbons (Fsp3) is 0.385. The van der Waals surface area contributed by atoms with E-state index in [2.05, 4.69) is 44.5 Å². The zero-order valence-corrected chi connectivity index (χ0v) is 20.3. The zero-order valence-electron chi connectivity index (χ0n) is 20.3. The summed E-state index contributed by atoms with van der Waals surface area (Å²) in [6, 6.07) is 15.7. The van der Waals surface area contributed by atoms with Gasteiger partial charge in [0.1, 0.15) is 0 Å². The predicted molar refractivity (Wildman–Crippen MR) is 134 cm³/mol. The largest absolute Gasteiger partial charge is 0.454 e. The molecule has 188 valence electrons. The molecule has 1 aliphatic heterocycles. The van der Waals surface area contributed by atoms with Crippen LogP contribution in [0.4, 0.5) is 0 Å². The van der Waals surface area contributed by atoms with Crippen LogP contribution in [-0.4, -0.2) is 55.1 Å². The number of aliphatic hydroxyl groups is 1. The van der Waals surface area contributed by atoms with Gasteiger partial charge in [-0.25, -0.2) is 4.68 Å². The number of benzene rings is 2. The van der Waals surface area contributed by atoms with Crippen LogP contribution in [0.2, 0.25) is 0 Å². The number of aryl methyl sites for hydroxylation is 2. The van der Waals surface area contributed by atoms with E-state index in [0.29, 0.717) is 48.6 Å². The second-order valence-electron chi connectivity index (χ2n) is 8.88. The Kier molecular flexibility index (Phi) is 7.24. The highest BCUT2D eigenvalue weighted by atomic mass is 16.7. The molecule has 10 nitrogen and oxygen atoms in total. The van der Waals surface area contributed by atoms with Gasteiger partial charge in [0.15, 0.2) is 17.3 Å². The van der Waals surface area contributed by atoms with Gasteiger partial charge in [-0.1, -0.05) is 37.3 Å². The molecule has 1 atom stereocenters. The van der Waals surface area contributed by atoms with Crippen LogP contribution in [0.25, 0.3) is 10.9 Å². The Hall–Kier alpha value is -3.76. The maximum absolute atomic E-state index is 13.0. The number of fused-ring (bicyclic) bond motifs is 2. The number of ether oxygens (including phenoxy) is 2. The first-order valence-corrected chi connectivity index (χ1v) is 12.3. The Bertz CT molecular complexity index is 1370. The van der Waals surface area contributed by atoms with Crippen LogP contribution in [0, 0.1) is 0 Å². The summed E-state index contributed by atoms with van der Waals surface area (Å²) in [6.07, 6.45) is 2.14. The van der Waals surface area contributed by atoms with Gasteiger partial charge >= 0.3 is 0 Å². The molecular weight excluding hydrogens is 460 g/mol. The molecule has 5 rings (SSSR count). The Morgan fingerprint density at radius 2 is 1.97 bits per heavy atom. The van der Waals surface area contributed by atoms with E-state index in [4.69, 9.17) is 9.47 Å². The molecule has 4 aromatic rings. The Morgan fingerprint density at radius 3 is 2.75 bits per heavy atom. The fourth-order valence-corrected chi connectivity index (χ4v) is 4.69. The van der Waals surface area contributed by atoms with Crippen molar-refractivity contribution in [3.63, 3.8) is 0 Å². The van der Waals surface area contributed by atoms with E-state index >= 15 is 0 Å². The molecule has 0 saturated heterocycles. The maximum Gasteiger partial charge on any atom is 0.252 e. The molecule has 0 saturated carbocycles. The van der Waals surface area contributed by atoms with E-state index in [-0.39, 0.29) is 25.0 Å². The molecule has 2 aromatic heterocycles. The number of hydrogen-bond acceptors (Lipinski definition) is 8. The standard InChI is InChI=1S/C26H30N6O4/c1-2-22(25-28-29-30-32(25)11-9-18-7-4-3-5-8-18)31(10-6-12-33)16-20-13-19-14-23-24(36-17-35-23)15-21(19)27-26(20)34/h3-5,7-8,13-15,22,33H,2,6,9-12,16-17H2,1H3,(H,27,34)/t22-/m1/s1. The lowest BCUT2D eigenvalue weighted by Gasteiger charge is -2.30. The molecule has 0 spiro atoms. The van der Waals surface area contributed by atoms with E-state index in [1.807, 2.05) is 35.0 Å². The highest BCUT2D eigenvalue weighted by Crippen LogP contribution is 2.35. The first-order valence-electron chi connectivity index (χ1n) is 12.3. The van der Waals surface area contributed by atoms with Crippen LogP contribution in [0.5, 0.6) is 11.5 Å². The van der Waals surface area contributed by atoms with Crippen molar-refractivity contribution < 1.29 is 14.6 Å². The van der Waals surface area contributed by atoms with E-state index in [1.165, 1.54) is 5.56 Å². The van der Waals surface area contributed by atoms with Gasteiger partial charge in [-0.2, -0.15) is 0 Å². The first kappa shape index (κ1) is 24.0. The molecule has 3 heterocycles. The number of H-pyrrole nitrogens is 1. The third kappa shape index (κ3) is 5.09. The Labute approximate surface area is 208 Å². The molecule has 0 aliphatic carbocycles. The number of aromatic nitrogens is 5. The molecular formula is C26H30N6O4. The van der Waals surface area contributed by atoms with Crippen molar-refractivity contribution in [1.29, 1.82) is 0 Å². The molecule has 2 aromatic carbocycles. The summed E-state index contributed by atoms with van der Waals surface area (Å²) in [5.41, 5.74) is 2.38. The van der Waals surface area contributed by atoms with Gasteiger partial charge in [-0.05, 0) is 47.4 Å². The van der Waals surface area contributed by atoms with E-state index < -0.39 is 0 Å². The summed E-state index contributed by atoms with van der Waals surface area (Å²) in [6.45, 7) is 3.96. The van der Waals surface area contributed by atoms with Gasteiger partial charge in [0.2, 0.25) is 6.79 Å². The first-order chi connectivity index (χ1) is 17.7. The minimum atomic E-state index is -0.158. The molecule has 1 aliphatic rings. The average Bonchev–Trinajstić information content (AvgIpc) is 3.55. The molecule has 0 amide bonds. The van der Waals surface area contributed by atoms with Gasteiger partial charge < -0.3 is 19.6 Å². The fourth-order valence-electron chi connectivity index (χ4n) is 4.69. The highest BCUT2D eigenvalue weighted by Gasteiger charge is 2.26. The average molecular weight is 491 g/mol. The van der Waals surface area contributed by atoms with Gasteiger partial charge in [0.25, 0.3) is 5.56 Å². The number of nitrogens with one attached hydrogen (secondary N) is 1. The maximum atomic E-state index is 13.0. The predicted octanol–water partition coefficient (Wildman–Crippen LogP) is 2.82. The Balaban J connectivity index is 1.41. The van der Waals surface area contributed by atoms with Crippen LogP contribution < -0.4 is 15.0 Å². The van der Waals surface area contributed by atoms with Gasteiger partial charge in [0.05, 0.1) is 11.6 Å². The van der Waals surface area contributed by atoms with Gasteiger partial charge in [0, 0.05) is 43.3 Å². The second kappa shape index (κ2) is 10.9. The summed E-state index contributed by atoms with van der Waals surface area (Å²) >= 11 is 0. The molecule has 10 heteroatoms. The number of aliphatic hydroxyl groups excluding tert-OH is 1. The summed E-state index contributed by atoms with van der Waals surface area (Å²) in [5, 5.41) is 23.0. The molecule has 2 N–H and O–H groups in total. The second-order valence-corrected chi connectivity index (χ2v) is 8.88. The summed E-state index contributed by atoms with van der Waals surface area (Å²) < 4.78 is 12.8. The third-order valence-corrected chi connectivity index (χ3v) is 6.53. The van der Waals surface area contributed by atoms with Crippen LogP contribution in [-0.2, 0) is 19.5 Å². The van der Waals surface area contributed by atoms with E-state index in [1.54, 1.807) is 6.07 Å². The topological polar surface area (TPSA) is 118 Å². The highest BCUT2D eigenvalue weighted by molar-refractivity contribution is 5.83. The van der Waals surface area contributed by atoms with E-state index in [9.17, 15) is 9.90 Å². The van der Waals surface area contributed by atoms with Crippen LogP contribution in [0.15, 0.2) is 53.3 Å². The van der Waals surface area contributed by atoms with E-state index in [0.717, 1.165) is 24.1 Å². The summed E-state index contributed by atoms with van der Waals surface area (Å²) in [4.78, 5) is 18.2. The lowest BCUT2D eigenvalue weighted by atomic mass is 10.1. The van der Waals surface area contributed by atoms with Crippen LogP contribution >= 0.6 is 0 Å². The SMILES string of the molecule is CC[C@H](c1nnnn1CCc1ccccc1)N(CCCO)Cc1cc2cc3c(cc2[nH]c1=O)OCO3. The summed E-state index contributed by atoms with van der Waals surface area (Å²) in [5.74, 6) is 2.05. The lowest BCUT2D eigenvalue weighted by Crippen LogP contribution is -2.34. The lowest BCUT2D eigenvalue weighted by molar-refractivity contribution is 0.152. The minimum Gasteiger partial charge on any atom is -0.454 e. The van der Waals surface area contributed by atoms with Crippen LogP contribution in [0.1, 0.15) is 42.8 Å². The number of rotatable bonds is 11. The zero-order chi connectivity index (χ0) is 24.9. The number of aromatic amines is 1. The van der Waals surface area contributed by atoms with Crippen LogP contribution in [0.3, 0.4) is 0 Å². The van der Waals surface area contributed by atoms with Crippen molar-refractivity contribution in [3.8, 4) is 11.5 Å². The van der Waals surface area contributed by atoms with Crippen molar-refractivity contribution in [2.24, 2.45) is 0 Å². The normalized spacial score (nSPS) is 13.5. The number of nitrogens with zero attached hydrogens (tertiary/aromatic N) is 5. The number of tetrazole rings is 1. The van der Waals surface area contributed by atoms with Gasteiger partial charge in [-0.3, -0.25) is 9.69 Å². The van der Waals surface area contributed by atoms with Crippen molar-refractivity contribution >= 4 is 10.9 Å². The quantitative estimate of drug-likeness (QED) is 0.330.